The van der Waals surface area contributed by atoms with E-state index in [0.717, 1.165) is 21.3 Å². The van der Waals surface area contributed by atoms with Crippen LogP contribution in [-0.2, 0) is 40.2 Å². The lowest BCUT2D eigenvalue weighted by molar-refractivity contribution is -0.133. The third-order valence-electron chi connectivity index (χ3n) is 7.65. The van der Waals surface area contributed by atoms with E-state index in [1.807, 2.05) is 0 Å². The summed E-state index contributed by atoms with van der Waals surface area (Å²) in [6.45, 7) is 10.5. The molecule has 0 aliphatic heterocycles. The third-order valence-corrected chi connectivity index (χ3v) is 12.2. The summed E-state index contributed by atoms with van der Waals surface area (Å²) >= 11 is 0. The molecule has 3 aromatic heterocycles. The first-order valence-electron chi connectivity index (χ1n) is 14.4. The van der Waals surface area contributed by atoms with Gasteiger partial charge in [-0.3, -0.25) is 43.0 Å². The van der Waals surface area contributed by atoms with Gasteiger partial charge in [0.1, 0.15) is 18.8 Å². The molecule has 3 heterocycles. The summed E-state index contributed by atoms with van der Waals surface area (Å²) in [5.41, 5.74) is -2.12. The van der Waals surface area contributed by atoms with Gasteiger partial charge in [-0.2, -0.15) is 0 Å². The number of hydrogen-bond acceptors (Lipinski definition) is 10. The smallest absolute Gasteiger partial charge is 0.328 e. The predicted octanol–water partition coefficient (Wildman–Crippen LogP) is -1.45. The van der Waals surface area contributed by atoms with E-state index >= 15 is 0 Å². The maximum Gasteiger partial charge on any atom is 0.328 e. The fraction of sp³-hybridized carbons (Fsp3) is 0.556. The molecule has 0 saturated heterocycles. The minimum absolute atomic E-state index is 0.0130. The molecule has 0 fully saturated rings. The lowest BCUT2D eigenvalue weighted by atomic mass is 10.2. The van der Waals surface area contributed by atoms with Crippen LogP contribution in [0.4, 0.5) is 0 Å². The zero-order valence-corrected chi connectivity index (χ0v) is 27.2. The normalized spacial score (nSPS) is 11.9. The summed E-state index contributed by atoms with van der Waals surface area (Å²) in [6.07, 6.45) is 4.10. The van der Waals surface area contributed by atoms with Crippen molar-refractivity contribution < 1.29 is 19.1 Å². The van der Waals surface area contributed by atoms with Crippen molar-refractivity contribution in [2.75, 3.05) is 32.8 Å². The molecule has 0 aliphatic carbocycles. The highest BCUT2D eigenvalue weighted by atomic mass is 28.4. The Bertz CT molecular complexity index is 1700. The minimum atomic E-state index is -2.10. The third kappa shape index (κ3) is 10.0. The molecule has 0 atom stereocenters. The lowest BCUT2D eigenvalue weighted by Gasteiger charge is -2.36. The molecule has 18 heteroatoms. The number of aromatic nitrogens is 7. The number of aromatic amines is 2. The van der Waals surface area contributed by atoms with E-state index in [2.05, 4.69) is 54.1 Å². The van der Waals surface area contributed by atoms with Gasteiger partial charge in [-0.25, -0.2) is 9.59 Å². The highest BCUT2D eigenvalue weighted by Gasteiger charge is 2.37. The van der Waals surface area contributed by atoms with Gasteiger partial charge in [0.2, 0.25) is 11.8 Å². The van der Waals surface area contributed by atoms with Gasteiger partial charge in [-0.05, 0) is 18.1 Å². The summed E-state index contributed by atoms with van der Waals surface area (Å²) in [5.74, 6) is -0.843. The summed E-state index contributed by atoms with van der Waals surface area (Å²) in [5, 5.41) is 17.7. The van der Waals surface area contributed by atoms with E-state index in [4.69, 9.17) is 4.43 Å². The number of carbonyl (C=O) groups is 2. The fourth-order valence-corrected chi connectivity index (χ4v) is 5.00. The van der Waals surface area contributed by atoms with Crippen LogP contribution in [0, 0.1) is 0 Å². The molecule has 0 saturated carbocycles. The SMILES string of the molecule is CC(C)(C)[Si](C)(C)OCCN(Cc1cn(CCN(CCO)C(=O)Cn2ccc(=O)[nH]c2=O)nn1)C(=O)Cn1ccc(=O)[nH]c1=O. The highest BCUT2D eigenvalue weighted by Crippen LogP contribution is 2.36. The van der Waals surface area contributed by atoms with Crippen LogP contribution in [0.25, 0.3) is 0 Å². The molecule has 246 valence electrons. The van der Waals surface area contributed by atoms with Crippen LogP contribution >= 0.6 is 0 Å². The van der Waals surface area contributed by atoms with E-state index in [1.165, 1.54) is 26.9 Å². The second kappa shape index (κ2) is 15.0. The molecule has 3 aromatic rings. The molecule has 0 bridgehead atoms. The fourth-order valence-electron chi connectivity index (χ4n) is 3.97. The molecule has 2 amide bonds. The van der Waals surface area contributed by atoms with Crippen molar-refractivity contribution in [3.63, 3.8) is 0 Å². The average molecular weight is 648 g/mol. The minimum Gasteiger partial charge on any atom is -0.415 e. The van der Waals surface area contributed by atoms with Crippen LogP contribution in [0.1, 0.15) is 26.5 Å². The standard InChI is InChI=1S/C27H41N9O8Si/c1-27(2,3)45(4,5)44-15-13-33(24(41)19-35-9-7-22(39)29-26(35)43)16-20-17-36(31-30-20)11-10-32(12-14-37)23(40)18-34-8-6-21(38)28-25(34)42/h6-9,17,37H,10-16,18-19H2,1-5H3,(H,28,38,42)(H,29,39,43). The van der Waals surface area contributed by atoms with E-state index in [9.17, 15) is 33.9 Å². The second-order valence-electron chi connectivity index (χ2n) is 12.0. The zero-order valence-electron chi connectivity index (χ0n) is 26.2. The summed E-state index contributed by atoms with van der Waals surface area (Å²) in [4.78, 5) is 80.1. The molecule has 3 rings (SSSR count). The van der Waals surface area contributed by atoms with E-state index in [0.29, 0.717) is 5.69 Å². The summed E-state index contributed by atoms with van der Waals surface area (Å²) in [7, 11) is -2.10. The molecular weight excluding hydrogens is 606 g/mol. The van der Waals surface area contributed by atoms with Gasteiger partial charge in [-0.1, -0.05) is 26.0 Å². The number of hydrogen-bond donors (Lipinski definition) is 3. The Morgan fingerprint density at radius 3 is 1.98 bits per heavy atom. The molecule has 0 spiro atoms. The molecular formula is C27H41N9O8Si. The van der Waals surface area contributed by atoms with Crippen molar-refractivity contribution in [3.8, 4) is 0 Å². The van der Waals surface area contributed by atoms with Crippen LogP contribution in [0.3, 0.4) is 0 Å². The van der Waals surface area contributed by atoms with Crippen molar-refractivity contribution >= 4 is 20.1 Å². The van der Waals surface area contributed by atoms with Crippen LogP contribution in [0.2, 0.25) is 18.1 Å². The molecule has 0 aromatic carbocycles. The second-order valence-corrected chi connectivity index (χ2v) is 16.8. The van der Waals surface area contributed by atoms with E-state index < -0.39 is 42.6 Å². The van der Waals surface area contributed by atoms with Gasteiger partial charge in [0.25, 0.3) is 11.1 Å². The Morgan fingerprint density at radius 1 is 0.911 bits per heavy atom. The number of rotatable bonds is 15. The average Bonchev–Trinajstić information content (AvgIpc) is 3.40. The van der Waals surface area contributed by atoms with Crippen LogP contribution < -0.4 is 22.5 Å². The number of amides is 2. The molecule has 0 unspecified atom stereocenters. The monoisotopic (exact) mass is 647 g/mol. The van der Waals surface area contributed by atoms with Crippen molar-refractivity contribution in [1.29, 1.82) is 0 Å². The predicted molar refractivity (Wildman–Crippen MR) is 165 cm³/mol. The molecule has 17 nitrogen and oxygen atoms in total. The molecule has 0 radical (unpaired) electrons. The maximum atomic E-state index is 13.3. The van der Waals surface area contributed by atoms with Gasteiger partial charge in [0.05, 0.1) is 32.5 Å². The van der Waals surface area contributed by atoms with Gasteiger partial charge < -0.3 is 19.3 Å². The summed E-state index contributed by atoms with van der Waals surface area (Å²) < 4.78 is 9.92. The Labute approximate surface area is 259 Å². The van der Waals surface area contributed by atoms with Crippen LogP contribution in [-0.4, -0.2) is 102 Å². The summed E-state index contributed by atoms with van der Waals surface area (Å²) in [6, 6.07) is 2.30. The van der Waals surface area contributed by atoms with E-state index in [-0.39, 0.29) is 64.1 Å². The number of carbonyl (C=O) groups excluding carboxylic acids is 2. The van der Waals surface area contributed by atoms with Crippen molar-refractivity contribution in [2.24, 2.45) is 0 Å². The van der Waals surface area contributed by atoms with Crippen molar-refractivity contribution in [1.82, 2.24) is 43.9 Å². The number of nitrogens with one attached hydrogen (secondary N) is 2. The first-order chi connectivity index (χ1) is 21.1. The van der Waals surface area contributed by atoms with Crippen LogP contribution in [0.15, 0.2) is 49.9 Å². The first-order valence-corrected chi connectivity index (χ1v) is 17.3. The lowest BCUT2D eigenvalue weighted by Crippen LogP contribution is -2.44. The van der Waals surface area contributed by atoms with E-state index in [1.54, 1.807) is 6.20 Å². The molecule has 0 aliphatic rings. The van der Waals surface area contributed by atoms with Gasteiger partial charge >= 0.3 is 11.4 Å². The number of aliphatic hydroxyl groups excluding tert-OH is 1. The quantitative estimate of drug-likeness (QED) is 0.163. The Balaban J connectivity index is 1.69. The Morgan fingerprint density at radius 2 is 1.47 bits per heavy atom. The van der Waals surface area contributed by atoms with Crippen molar-refractivity contribution in [2.45, 2.75) is 65.1 Å². The number of H-pyrrole nitrogens is 2. The van der Waals surface area contributed by atoms with Crippen LogP contribution in [0.5, 0.6) is 0 Å². The Kier molecular flexibility index (Phi) is 11.7. The maximum absolute atomic E-state index is 13.3. The number of aliphatic hydroxyl groups is 1. The van der Waals surface area contributed by atoms with Gasteiger partial charge in [0, 0.05) is 44.2 Å². The highest BCUT2D eigenvalue weighted by molar-refractivity contribution is 6.74. The molecule has 3 N–H and O–H groups in total. The number of nitrogens with zero attached hydrogens (tertiary/aromatic N) is 7. The zero-order chi connectivity index (χ0) is 33.4. The largest absolute Gasteiger partial charge is 0.415 e. The van der Waals surface area contributed by atoms with Crippen molar-refractivity contribution in [3.05, 3.63) is 78.1 Å². The molecule has 45 heavy (non-hydrogen) atoms. The van der Waals surface area contributed by atoms with Gasteiger partial charge in [0.15, 0.2) is 8.32 Å². The topological polar surface area (TPSA) is 211 Å². The van der Waals surface area contributed by atoms with Gasteiger partial charge in [-0.15, -0.1) is 5.10 Å². The Hall–Kier alpha value is -4.42. The first kappa shape index (κ1) is 35.1.